The van der Waals surface area contributed by atoms with E-state index >= 15 is 0 Å². The Hall–Kier alpha value is -0.460. The van der Waals surface area contributed by atoms with Crippen molar-refractivity contribution >= 4 is 36.0 Å². The molecule has 0 aromatic heterocycles. The van der Waals surface area contributed by atoms with Crippen LogP contribution in [0.2, 0.25) is 0 Å². The molecule has 0 aromatic rings. The van der Waals surface area contributed by atoms with E-state index in [2.05, 4.69) is 17.6 Å². The maximum atomic E-state index is 12.4. The molecule has 1 unspecified atom stereocenters. The van der Waals surface area contributed by atoms with Crippen molar-refractivity contribution in [2.24, 2.45) is 0 Å². The number of thioether (sulfide) groups is 1. The molecule has 2 heterocycles. The van der Waals surface area contributed by atoms with Crippen LogP contribution in [-0.2, 0) is 9.59 Å². The van der Waals surface area contributed by atoms with Crippen LogP contribution in [0, 0.1) is 0 Å². The van der Waals surface area contributed by atoms with Crippen LogP contribution < -0.4 is 10.6 Å². The van der Waals surface area contributed by atoms with Crippen molar-refractivity contribution in [2.45, 2.75) is 51.1 Å². The normalized spacial score (nSPS) is 22.7. The van der Waals surface area contributed by atoms with Gasteiger partial charge < -0.3 is 15.5 Å². The third-order valence-electron chi connectivity index (χ3n) is 3.94. The Labute approximate surface area is 137 Å². The van der Waals surface area contributed by atoms with Gasteiger partial charge in [-0.1, -0.05) is 13.3 Å². The fourth-order valence-electron chi connectivity index (χ4n) is 2.64. The van der Waals surface area contributed by atoms with E-state index in [4.69, 9.17) is 0 Å². The fourth-order valence-corrected chi connectivity index (χ4v) is 3.82. The Morgan fingerprint density at radius 3 is 2.71 bits per heavy atom. The van der Waals surface area contributed by atoms with E-state index in [-0.39, 0.29) is 36.3 Å². The zero-order chi connectivity index (χ0) is 14.4. The van der Waals surface area contributed by atoms with E-state index in [0.717, 1.165) is 44.5 Å². The molecule has 2 fully saturated rings. The third-order valence-corrected chi connectivity index (χ3v) is 4.95. The highest BCUT2D eigenvalue weighted by Gasteiger charge is 2.35. The van der Waals surface area contributed by atoms with E-state index < -0.39 is 0 Å². The molecule has 2 rings (SSSR count). The lowest BCUT2D eigenvalue weighted by Crippen LogP contribution is -2.51. The van der Waals surface area contributed by atoms with Crippen molar-refractivity contribution < 1.29 is 9.59 Å². The summed E-state index contributed by atoms with van der Waals surface area (Å²) in [5, 5.41) is 6.40. The number of unbranched alkanes of at least 4 members (excludes halogenated alkanes) is 1. The number of halogens is 1. The molecular weight excluding hydrogens is 310 g/mol. The summed E-state index contributed by atoms with van der Waals surface area (Å²) < 4.78 is 0. The summed E-state index contributed by atoms with van der Waals surface area (Å²) in [5.41, 5.74) is 0. The summed E-state index contributed by atoms with van der Waals surface area (Å²) in [7, 11) is 0. The smallest absolute Gasteiger partial charge is 0.243 e. The van der Waals surface area contributed by atoms with Gasteiger partial charge in [-0.25, -0.2) is 0 Å². The van der Waals surface area contributed by atoms with Crippen LogP contribution in [0.3, 0.4) is 0 Å². The molecule has 0 spiro atoms. The minimum Gasteiger partial charge on any atom is -0.351 e. The van der Waals surface area contributed by atoms with Crippen LogP contribution >= 0.6 is 24.2 Å². The van der Waals surface area contributed by atoms with Crippen molar-refractivity contribution in [3.8, 4) is 0 Å². The van der Waals surface area contributed by atoms with E-state index in [1.165, 1.54) is 0 Å². The molecule has 0 saturated carbocycles. The Bertz CT molecular complexity index is 351. The van der Waals surface area contributed by atoms with Crippen LogP contribution in [0.25, 0.3) is 0 Å². The van der Waals surface area contributed by atoms with Gasteiger partial charge in [0.05, 0.1) is 5.88 Å². The van der Waals surface area contributed by atoms with Gasteiger partial charge in [0.25, 0.3) is 0 Å². The van der Waals surface area contributed by atoms with Crippen LogP contribution in [0.1, 0.15) is 39.0 Å². The van der Waals surface area contributed by atoms with Crippen molar-refractivity contribution in [3.05, 3.63) is 0 Å². The van der Waals surface area contributed by atoms with Crippen LogP contribution in [0.5, 0.6) is 0 Å². The molecule has 5 nitrogen and oxygen atoms in total. The van der Waals surface area contributed by atoms with Gasteiger partial charge in [0.15, 0.2) is 0 Å². The number of amides is 2. The minimum absolute atomic E-state index is 0. The first-order valence-corrected chi connectivity index (χ1v) is 8.76. The number of hydrogen-bond acceptors (Lipinski definition) is 4. The standard InChI is InChI=1S/C14H25N3O2S.ClH/c1-2-3-4-13(18)17-10-20-9-12(17)14(19)16-11-5-7-15-8-6-11;/h11-12,15H,2-10H2,1H3,(H,16,19);1H. The van der Waals surface area contributed by atoms with E-state index in [9.17, 15) is 9.59 Å². The van der Waals surface area contributed by atoms with Gasteiger partial charge in [-0.2, -0.15) is 0 Å². The first-order valence-electron chi connectivity index (χ1n) is 7.60. The van der Waals surface area contributed by atoms with Gasteiger partial charge in [-0.15, -0.1) is 24.2 Å². The molecule has 2 N–H and O–H groups in total. The second-order valence-electron chi connectivity index (χ2n) is 5.52. The molecule has 0 bridgehead atoms. The molecule has 7 heteroatoms. The largest absolute Gasteiger partial charge is 0.351 e. The van der Waals surface area contributed by atoms with E-state index in [1.54, 1.807) is 16.7 Å². The van der Waals surface area contributed by atoms with Crippen molar-refractivity contribution in [2.75, 3.05) is 24.7 Å². The van der Waals surface area contributed by atoms with Gasteiger partial charge in [0.1, 0.15) is 6.04 Å². The first kappa shape index (κ1) is 18.6. The molecule has 2 aliphatic heterocycles. The second-order valence-corrected chi connectivity index (χ2v) is 6.52. The molecule has 0 aromatic carbocycles. The molecular formula is C14H26ClN3O2S. The zero-order valence-corrected chi connectivity index (χ0v) is 14.2. The van der Waals surface area contributed by atoms with Crippen LogP contribution in [0.15, 0.2) is 0 Å². The lowest BCUT2D eigenvalue weighted by Gasteiger charge is -2.28. The van der Waals surface area contributed by atoms with Crippen molar-refractivity contribution in [1.82, 2.24) is 15.5 Å². The summed E-state index contributed by atoms with van der Waals surface area (Å²) in [6.07, 6.45) is 4.44. The second kappa shape index (κ2) is 9.54. The van der Waals surface area contributed by atoms with Gasteiger partial charge in [0.2, 0.25) is 11.8 Å². The Morgan fingerprint density at radius 1 is 1.33 bits per heavy atom. The van der Waals surface area contributed by atoms with Crippen LogP contribution in [-0.4, -0.2) is 53.5 Å². The number of carbonyl (C=O) groups is 2. The van der Waals surface area contributed by atoms with Crippen molar-refractivity contribution in [1.29, 1.82) is 0 Å². The average Bonchev–Trinajstić information content (AvgIpc) is 2.95. The number of rotatable bonds is 5. The summed E-state index contributed by atoms with van der Waals surface area (Å²) in [6, 6.07) is 0.00110. The highest BCUT2D eigenvalue weighted by atomic mass is 35.5. The minimum atomic E-state index is -0.265. The fraction of sp³-hybridized carbons (Fsp3) is 0.857. The molecule has 0 radical (unpaired) electrons. The summed E-state index contributed by atoms with van der Waals surface area (Å²) in [5.74, 6) is 1.55. The maximum Gasteiger partial charge on any atom is 0.243 e. The predicted octanol–water partition coefficient (Wildman–Crippen LogP) is 1.37. The molecule has 2 saturated heterocycles. The topological polar surface area (TPSA) is 61.4 Å². The first-order chi connectivity index (χ1) is 9.72. The lowest BCUT2D eigenvalue weighted by atomic mass is 10.1. The number of hydrogen-bond donors (Lipinski definition) is 2. The van der Waals surface area contributed by atoms with Gasteiger partial charge in [-0.3, -0.25) is 9.59 Å². The third kappa shape index (κ3) is 5.34. The Balaban J connectivity index is 0.00000220. The quantitative estimate of drug-likeness (QED) is 0.796. The van der Waals surface area contributed by atoms with E-state index in [0.29, 0.717) is 12.3 Å². The van der Waals surface area contributed by atoms with Gasteiger partial charge in [0, 0.05) is 18.2 Å². The number of nitrogens with one attached hydrogen (secondary N) is 2. The maximum absolute atomic E-state index is 12.4. The Kier molecular flexibility index (Phi) is 8.44. The summed E-state index contributed by atoms with van der Waals surface area (Å²) in [4.78, 5) is 26.3. The Morgan fingerprint density at radius 2 is 2.05 bits per heavy atom. The van der Waals surface area contributed by atoms with Crippen molar-refractivity contribution in [3.63, 3.8) is 0 Å². The predicted molar refractivity (Wildman–Crippen MR) is 88.8 cm³/mol. The number of nitrogens with zero attached hydrogens (tertiary/aromatic N) is 1. The molecule has 122 valence electrons. The average molecular weight is 336 g/mol. The molecule has 0 aliphatic carbocycles. The van der Waals surface area contributed by atoms with Gasteiger partial charge >= 0.3 is 0 Å². The summed E-state index contributed by atoms with van der Waals surface area (Å²) in [6.45, 7) is 4.00. The highest BCUT2D eigenvalue weighted by Crippen LogP contribution is 2.22. The van der Waals surface area contributed by atoms with Gasteiger partial charge in [-0.05, 0) is 32.4 Å². The monoisotopic (exact) mass is 335 g/mol. The molecule has 1 atom stereocenters. The SMILES string of the molecule is CCCCC(=O)N1CSCC1C(=O)NC1CCNCC1.Cl. The number of carbonyl (C=O) groups excluding carboxylic acids is 2. The lowest BCUT2D eigenvalue weighted by molar-refractivity contribution is -0.138. The molecule has 2 amide bonds. The highest BCUT2D eigenvalue weighted by molar-refractivity contribution is 7.99. The zero-order valence-electron chi connectivity index (χ0n) is 12.6. The molecule has 2 aliphatic rings. The summed E-state index contributed by atoms with van der Waals surface area (Å²) >= 11 is 1.67. The van der Waals surface area contributed by atoms with Crippen LogP contribution in [0.4, 0.5) is 0 Å². The number of piperidine rings is 1. The molecule has 21 heavy (non-hydrogen) atoms. The van der Waals surface area contributed by atoms with E-state index in [1.807, 2.05) is 0 Å².